The van der Waals surface area contributed by atoms with Crippen molar-refractivity contribution in [2.24, 2.45) is 0 Å². The first-order valence-corrected chi connectivity index (χ1v) is 11.0. The second kappa shape index (κ2) is 9.10. The van der Waals surface area contributed by atoms with Crippen LogP contribution in [0.5, 0.6) is 5.75 Å². The molecular formula is C21H28N2O4S. The molecule has 2 aromatic carbocycles. The van der Waals surface area contributed by atoms with Gasteiger partial charge in [0, 0.05) is 6.54 Å². The van der Waals surface area contributed by atoms with Crippen molar-refractivity contribution in [2.45, 2.75) is 40.3 Å². The average Bonchev–Trinajstić information content (AvgIpc) is 2.63. The molecule has 2 aromatic rings. The summed E-state index contributed by atoms with van der Waals surface area (Å²) in [6.07, 6.45) is 1.12. The molecule has 152 valence electrons. The van der Waals surface area contributed by atoms with Crippen molar-refractivity contribution in [3.05, 3.63) is 59.2 Å². The summed E-state index contributed by atoms with van der Waals surface area (Å²) in [6.45, 7) is 8.13. The third-order valence-electron chi connectivity index (χ3n) is 4.39. The quantitative estimate of drug-likeness (QED) is 0.733. The number of rotatable bonds is 8. The largest absolute Gasteiger partial charge is 0.494 e. The Kier molecular flexibility index (Phi) is 7.07. The molecule has 0 saturated carbocycles. The Balaban J connectivity index is 2.16. The van der Waals surface area contributed by atoms with Gasteiger partial charge in [0.2, 0.25) is 15.9 Å². The van der Waals surface area contributed by atoms with Crippen LogP contribution in [0.2, 0.25) is 0 Å². The number of nitrogens with one attached hydrogen (secondary N) is 1. The van der Waals surface area contributed by atoms with E-state index in [4.69, 9.17) is 4.74 Å². The molecular weight excluding hydrogens is 376 g/mol. The molecule has 1 atom stereocenters. The molecule has 2 rings (SSSR count). The molecule has 28 heavy (non-hydrogen) atoms. The van der Waals surface area contributed by atoms with Gasteiger partial charge in [-0.3, -0.25) is 9.10 Å². The Labute approximate surface area is 167 Å². The van der Waals surface area contributed by atoms with Crippen LogP contribution in [0.25, 0.3) is 0 Å². The van der Waals surface area contributed by atoms with E-state index < -0.39 is 16.1 Å². The number of hydrogen-bond acceptors (Lipinski definition) is 4. The zero-order valence-corrected chi connectivity index (χ0v) is 17.8. The van der Waals surface area contributed by atoms with Gasteiger partial charge in [-0.1, -0.05) is 24.3 Å². The first-order valence-electron chi connectivity index (χ1n) is 9.19. The standard InChI is InChI=1S/C21H28N2O4S/c1-6-27-19-11-9-18(10-12-19)14-22-21(24)17(4)23(28(5,25)26)20-13-15(2)7-8-16(20)3/h7-13,17H,6,14H2,1-5H3,(H,22,24)/t17-/m0/s1. The van der Waals surface area contributed by atoms with Crippen LogP contribution in [0.15, 0.2) is 42.5 Å². The number of anilines is 1. The van der Waals surface area contributed by atoms with Crippen molar-refractivity contribution in [1.29, 1.82) is 0 Å². The average molecular weight is 405 g/mol. The summed E-state index contributed by atoms with van der Waals surface area (Å²) in [5.41, 5.74) is 3.14. The molecule has 0 aliphatic carbocycles. The maximum Gasteiger partial charge on any atom is 0.243 e. The van der Waals surface area contributed by atoms with Crippen LogP contribution in [0.4, 0.5) is 5.69 Å². The van der Waals surface area contributed by atoms with E-state index in [1.165, 1.54) is 4.31 Å². The summed E-state index contributed by atoms with van der Waals surface area (Å²) >= 11 is 0. The predicted octanol–water partition coefficient (Wildman–Crippen LogP) is 3.17. The fourth-order valence-electron chi connectivity index (χ4n) is 2.94. The van der Waals surface area contributed by atoms with E-state index in [1.54, 1.807) is 13.0 Å². The van der Waals surface area contributed by atoms with Gasteiger partial charge < -0.3 is 10.1 Å². The first-order chi connectivity index (χ1) is 13.1. The molecule has 0 aliphatic heterocycles. The monoisotopic (exact) mass is 404 g/mol. The molecule has 0 fully saturated rings. The van der Waals surface area contributed by atoms with Crippen molar-refractivity contribution < 1.29 is 17.9 Å². The fraction of sp³-hybridized carbons (Fsp3) is 0.381. The molecule has 1 N–H and O–H groups in total. The Hall–Kier alpha value is -2.54. The van der Waals surface area contributed by atoms with Gasteiger partial charge in [0.1, 0.15) is 11.8 Å². The highest BCUT2D eigenvalue weighted by atomic mass is 32.2. The van der Waals surface area contributed by atoms with Gasteiger partial charge in [0.25, 0.3) is 0 Å². The molecule has 0 spiro atoms. The van der Waals surface area contributed by atoms with E-state index in [0.717, 1.165) is 28.7 Å². The Bertz CT molecular complexity index is 924. The Morgan fingerprint density at radius 2 is 1.79 bits per heavy atom. The lowest BCUT2D eigenvalue weighted by atomic mass is 10.1. The van der Waals surface area contributed by atoms with E-state index in [1.807, 2.05) is 57.2 Å². The number of carbonyl (C=O) groups is 1. The molecule has 0 bridgehead atoms. The lowest BCUT2D eigenvalue weighted by Crippen LogP contribution is -2.48. The van der Waals surface area contributed by atoms with Gasteiger partial charge in [-0.15, -0.1) is 0 Å². The second-order valence-electron chi connectivity index (χ2n) is 6.82. The fourth-order valence-corrected chi connectivity index (χ4v) is 4.17. The van der Waals surface area contributed by atoms with Crippen LogP contribution in [-0.4, -0.2) is 33.2 Å². The highest BCUT2D eigenvalue weighted by Gasteiger charge is 2.30. The minimum Gasteiger partial charge on any atom is -0.494 e. The number of carbonyl (C=O) groups excluding carboxylic acids is 1. The van der Waals surface area contributed by atoms with Crippen LogP contribution < -0.4 is 14.4 Å². The lowest BCUT2D eigenvalue weighted by Gasteiger charge is -2.29. The molecule has 0 aromatic heterocycles. The lowest BCUT2D eigenvalue weighted by molar-refractivity contribution is -0.122. The van der Waals surface area contributed by atoms with Crippen molar-refractivity contribution in [3.63, 3.8) is 0 Å². The van der Waals surface area contributed by atoms with E-state index in [0.29, 0.717) is 18.8 Å². The normalized spacial score (nSPS) is 12.3. The van der Waals surface area contributed by atoms with Gasteiger partial charge >= 0.3 is 0 Å². The number of hydrogen-bond donors (Lipinski definition) is 1. The molecule has 0 saturated heterocycles. The smallest absolute Gasteiger partial charge is 0.243 e. The molecule has 0 aliphatic rings. The third-order valence-corrected chi connectivity index (χ3v) is 5.62. The summed E-state index contributed by atoms with van der Waals surface area (Å²) in [7, 11) is -3.64. The van der Waals surface area contributed by atoms with Crippen LogP contribution >= 0.6 is 0 Å². The Morgan fingerprint density at radius 3 is 2.36 bits per heavy atom. The molecule has 1 amide bonds. The summed E-state index contributed by atoms with van der Waals surface area (Å²) in [5, 5.41) is 2.82. The van der Waals surface area contributed by atoms with Crippen molar-refractivity contribution >= 4 is 21.6 Å². The van der Waals surface area contributed by atoms with Crippen molar-refractivity contribution in [3.8, 4) is 5.75 Å². The zero-order chi connectivity index (χ0) is 20.9. The summed E-state index contributed by atoms with van der Waals surface area (Å²) in [5.74, 6) is 0.407. The van der Waals surface area contributed by atoms with Gasteiger partial charge in [0.15, 0.2) is 0 Å². The van der Waals surface area contributed by atoms with E-state index in [9.17, 15) is 13.2 Å². The maximum atomic E-state index is 12.7. The van der Waals surface area contributed by atoms with E-state index in [-0.39, 0.29) is 5.91 Å². The van der Waals surface area contributed by atoms with E-state index >= 15 is 0 Å². The number of amides is 1. The second-order valence-corrected chi connectivity index (χ2v) is 8.68. The van der Waals surface area contributed by atoms with Crippen LogP contribution in [0.1, 0.15) is 30.5 Å². The highest BCUT2D eigenvalue weighted by molar-refractivity contribution is 7.92. The van der Waals surface area contributed by atoms with Gasteiger partial charge in [-0.25, -0.2) is 8.42 Å². The third kappa shape index (κ3) is 5.48. The van der Waals surface area contributed by atoms with Gasteiger partial charge in [-0.05, 0) is 62.6 Å². The predicted molar refractivity (Wildman–Crippen MR) is 112 cm³/mol. The van der Waals surface area contributed by atoms with Crippen molar-refractivity contribution in [2.75, 3.05) is 17.2 Å². The van der Waals surface area contributed by atoms with Gasteiger partial charge in [0.05, 0.1) is 18.6 Å². The summed E-state index contributed by atoms with van der Waals surface area (Å²) in [4.78, 5) is 12.7. The molecule has 0 radical (unpaired) electrons. The Morgan fingerprint density at radius 1 is 1.14 bits per heavy atom. The van der Waals surface area contributed by atoms with Gasteiger partial charge in [-0.2, -0.15) is 0 Å². The minimum absolute atomic E-state index is 0.306. The molecule has 0 unspecified atom stereocenters. The molecule has 0 heterocycles. The van der Waals surface area contributed by atoms with Crippen LogP contribution in [0, 0.1) is 13.8 Å². The number of sulfonamides is 1. The number of benzene rings is 2. The topological polar surface area (TPSA) is 75.7 Å². The molecule has 6 nitrogen and oxygen atoms in total. The zero-order valence-electron chi connectivity index (χ0n) is 17.0. The van der Waals surface area contributed by atoms with Crippen molar-refractivity contribution in [1.82, 2.24) is 5.32 Å². The molecule has 7 heteroatoms. The minimum atomic E-state index is -3.64. The number of aryl methyl sites for hydroxylation is 2. The van der Waals surface area contributed by atoms with Crippen LogP contribution in [-0.2, 0) is 21.4 Å². The van der Waals surface area contributed by atoms with Crippen LogP contribution in [0.3, 0.4) is 0 Å². The van der Waals surface area contributed by atoms with E-state index in [2.05, 4.69) is 5.32 Å². The maximum absolute atomic E-state index is 12.7. The highest BCUT2D eigenvalue weighted by Crippen LogP contribution is 2.26. The summed E-state index contributed by atoms with van der Waals surface area (Å²) in [6, 6.07) is 12.1. The number of ether oxygens (including phenoxy) is 1. The first kappa shape index (κ1) is 21.8. The summed E-state index contributed by atoms with van der Waals surface area (Å²) < 4.78 is 31.5. The number of nitrogens with zero attached hydrogens (tertiary/aromatic N) is 1. The SMILES string of the molecule is CCOc1ccc(CNC(=O)[C@H](C)N(c2cc(C)ccc2C)S(C)(=O)=O)cc1.